The number of hydrogen-bond donors (Lipinski definition) is 2. The smallest absolute Gasteiger partial charge is 0.228 e. The second-order valence-corrected chi connectivity index (χ2v) is 6.15. The third-order valence-corrected chi connectivity index (χ3v) is 5.00. The minimum Gasteiger partial charge on any atom is -0.397 e. The molecule has 0 bridgehead atoms. The highest BCUT2D eigenvalue weighted by Gasteiger charge is 2.61. The van der Waals surface area contributed by atoms with Crippen LogP contribution in [0, 0.1) is 5.92 Å². The third kappa shape index (κ3) is 1.84. The van der Waals surface area contributed by atoms with Gasteiger partial charge in [-0.1, -0.05) is 36.4 Å². The number of anilines is 2. The molecule has 2 aromatic carbocycles. The van der Waals surface area contributed by atoms with Gasteiger partial charge in [-0.15, -0.1) is 0 Å². The predicted molar refractivity (Wildman–Crippen MR) is 84.0 cm³/mol. The Balaban J connectivity index is 1.56. The molecule has 2 aliphatic carbocycles. The molecule has 3 heteroatoms. The summed E-state index contributed by atoms with van der Waals surface area (Å²) in [4.78, 5) is 12.5. The topological polar surface area (TPSA) is 55.1 Å². The van der Waals surface area contributed by atoms with Gasteiger partial charge in [0.15, 0.2) is 0 Å². The van der Waals surface area contributed by atoms with Crippen LogP contribution in [0.2, 0.25) is 0 Å². The minimum atomic E-state index is 0.0840. The largest absolute Gasteiger partial charge is 0.397 e. The van der Waals surface area contributed by atoms with E-state index < -0.39 is 0 Å². The van der Waals surface area contributed by atoms with E-state index in [2.05, 4.69) is 29.6 Å². The van der Waals surface area contributed by atoms with E-state index in [1.165, 1.54) is 11.1 Å². The monoisotopic (exact) mass is 278 g/mol. The number of nitrogens with one attached hydrogen (secondary N) is 1. The Hall–Kier alpha value is -2.29. The van der Waals surface area contributed by atoms with Crippen LogP contribution in [0.4, 0.5) is 11.4 Å². The maximum atomic E-state index is 12.5. The number of carbonyl (C=O) groups is 1. The first-order chi connectivity index (χ1) is 10.2. The van der Waals surface area contributed by atoms with Gasteiger partial charge in [0.05, 0.1) is 11.4 Å². The zero-order chi connectivity index (χ0) is 14.4. The predicted octanol–water partition coefficient (Wildman–Crippen LogP) is 3.11. The Bertz CT molecular complexity index is 725. The molecular formula is C18H18N2O. The summed E-state index contributed by atoms with van der Waals surface area (Å²) in [6.45, 7) is 0. The number of nitrogens with two attached hydrogens (primary N) is 1. The summed E-state index contributed by atoms with van der Waals surface area (Å²) < 4.78 is 0. The lowest BCUT2D eigenvalue weighted by Gasteiger charge is -2.12. The highest BCUT2D eigenvalue weighted by Crippen LogP contribution is 2.61. The molecule has 0 heterocycles. The van der Waals surface area contributed by atoms with Crippen LogP contribution in [-0.4, -0.2) is 5.91 Å². The van der Waals surface area contributed by atoms with Crippen molar-refractivity contribution in [2.24, 2.45) is 5.92 Å². The van der Waals surface area contributed by atoms with Crippen molar-refractivity contribution in [3.05, 3.63) is 59.7 Å². The number of rotatable bonds is 2. The molecule has 0 aliphatic heterocycles. The van der Waals surface area contributed by atoms with Crippen LogP contribution in [-0.2, 0) is 16.6 Å². The average Bonchev–Trinajstić information content (AvgIpc) is 3.12. The number of hydrogen-bond acceptors (Lipinski definition) is 2. The van der Waals surface area contributed by atoms with Gasteiger partial charge in [0.2, 0.25) is 5.91 Å². The number of aryl methyl sites for hydroxylation is 1. The van der Waals surface area contributed by atoms with Gasteiger partial charge >= 0.3 is 0 Å². The average molecular weight is 278 g/mol. The summed E-state index contributed by atoms with van der Waals surface area (Å²) in [5.41, 5.74) is 10.1. The molecule has 21 heavy (non-hydrogen) atoms. The zero-order valence-corrected chi connectivity index (χ0v) is 11.8. The molecule has 2 atom stereocenters. The summed E-state index contributed by atoms with van der Waals surface area (Å²) in [7, 11) is 0. The van der Waals surface area contributed by atoms with Crippen molar-refractivity contribution >= 4 is 17.3 Å². The first-order valence-corrected chi connectivity index (χ1v) is 7.44. The van der Waals surface area contributed by atoms with Crippen LogP contribution < -0.4 is 11.1 Å². The summed E-state index contributed by atoms with van der Waals surface area (Å²) in [6.07, 6.45) is 3.14. The standard InChI is InChI=1S/C18H18N2O/c19-15-7-3-4-8-16(15)20-17(21)14-11-18(14)10-9-12-5-1-2-6-13(12)18/h1-8,14H,9-11,19H2,(H,20,21)/t14-,18-/m0/s1. The summed E-state index contributed by atoms with van der Waals surface area (Å²) >= 11 is 0. The van der Waals surface area contributed by atoms with Crippen molar-refractivity contribution in [3.63, 3.8) is 0 Å². The molecule has 3 nitrogen and oxygen atoms in total. The maximum Gasteiger partial charge on any atom is 0.228 e. The molecule has 106 valence electrons. The molecule has 2 aliphatic rings. The van der Waals surface area contributed by atoms with Crippen LogP contribution in [0.1, 0.15) is 24.0 Å². The highest BCUT2D eigenvalue weighted by atomic mass is 16.2. The minimum absolute atomic E-state index is 0.0840. The van der Waals surface area contributed by atoms with Crippen molar-refractivity contribution in [2.45, 2.75) is 24.7 Å². The fourth-order valence-corrected chi connectivity index (χ4v) is 3.77. The molecule has 2 aromatic rings. The number of fused-ring (bicyclic) bond motifs is 2. The van der Waals surface area contributed by atoms with Gasteiger partial charge in [-0.3, -0.25) is 4.79 Å². The molecular weight excluding hydrogens is 260 g/mol. The summed E-state index contributed by atoms with van der Waals surface area (Å²) in [5.74, 6) is 0.186. The first kappa shape index (κ1) is 12.5. The van der Waals surface area contributed by atoms with Gasteiger partial charge in [-0.25, -0.2) is 0 Å². The molecule has 1 saturated carbocycles. The Kier molecular flexibility index (Phi) is 2.58. The number of carbonyl (C=O) groups excluding carboxylic acids is 1. The fourth-order valence-electron chi connectivity index (χ4n) is 3.77. The van der Waals surface area contributed by atoms with E-state index >= 15 is 0 Å². The molecule has 4 rings (SSSR count). The van der Waals surface area contributed by atoms with Crippen LogP contribution >= 0.6 is 0 Å². The summed E-state index contributed by atoms with van der Waals surface area (Å²) in [5, 5.41) is 2.99. The number of para-hydroxylation sites is 2. The lowest BCUT2D eigenvalue weighted by atomic mass is 9.95. The van der Waals surface area contributed by atoms with Crippen LogP contribution in [0.3, 0.4) is 0 Å². The van der Waals surface area contributed by atoms with E-state index in [9.17, 15) is 4.79 Å². The molecule has 1 amide bonds. The molecule has 0 aromatic heterocycles. The zero-order valence-electron chi connectivity index (χ0n) is 11.8. The van der Waals surface area contributed by atoms with Gasteiger partial charge in [-0.2, -0.15) is 0 Å². The fraction of sp³-hybridized carbons (Fsp3) is 0.278. The first-order valence-electron chi connectivity index (χ1n) is 7.44. The van der Waals surface area contributed by atoms with Crippen molar-refractivity contribution in [1.82, 2.24) is 0 Å². The summed E-state index contributed by atoms with van der Waals surface area (Å²) in [6, 6.07) is 16.0. The second-order valence-electron chi connectivity index (χ2n) is 6.15. The Morgan fingerprint density at radius 2 is 1.90 bits per heavy atom. The molecule has 0 unspecified atom stereocenters. The van der Waals surface area contributed by atoms with Gasteiger partial charge in [-0.05, 0) is 42.5 Å². The Labute approximate surface area is 124 Å². The van der Waals surface area contributed by atoms with Gasteiger partial charge in [0.25, 0.3) is 0 Å². The molecule has 1 fully saturated rings. The number of amides is 1. The second kappa shape index (κ2) is 4.35. The van der Waals surface area contributed by atoms with Gasteiger partial charge in [0, 0.05) is 11.3 Å². The number of nitrogen functional groups attached to an aromatic ring is 1. The van der Waals surface area contributed by atoms with E-state index in [4.69, 9.17) is 5.73 Å². The van der Waals surface area contributed by atoms with Crippen molar-refractivity contribution in [3.8, 4) is 0 Å². The molecule has 0 saturated heterocycles. The van der Waals surface area contributed by atoms with E-state index in [1.54, 1.807) is 0 Å². The molecule has 1 spiro atoms. The Morgan fingerprint density at radius 3 is 2.76 bits per heavy atom. The van der Waals surface area contributed by atoms with E-state index in [1.807, 2.05) is 24.3 Å². The van der Waals surface area contributed by atoms with Gasteiger partial charge in [0.1, 0.15) is 0 Å². The highest BCUT2D eigenvalue weighted by molar-refractivity contribution is 5.98. The van der Waals surface area contributed by atoms with E-state index in [0.29, 0.717) is 5.69 Å². The number of benzene rings is 2. The third-order valence-electron chi connectivity index (χ3n) is 5.00. The van der Waals surface area contributed by atoms with Crippen molar-refractivity contribution in [1.29, 1.82) is 0 Å². The van der Waals surface area contributed by atoms with Crippen LogP contribution in [0.25, 0.3) is 0 Å². The molecule has 0 radical (unpaired) electrons. The van der Waals surface area contributed by atoms with Crippen molar-refractivity contribution in [2.75, 3.05) is 11.1 Å². The van der Waals surface area contributed by atoms with E-state index in [0.717, 1.165) is 24.9 Å². The van der Waals surface area contributed by atoms with Crippen LogP contribution in [0.5, 0.6) is 0 Å². The van der Waals surface area contributed by atoms with Crippen LogP contribution in [0.15, 0.2) is 48.5 Å². The van der Waals surface area contributed by atoms with Gasteiger partial charge < -0.3 is 11.1 Å². The molecule has 3 N–H and O–H groups in total. The quantitative estimate of drug-likeness (QED) is 0.829. The lowest BCUT2D eigenvalue weighted by Crippen LogP contribution is -2.20. The lowest BCUT2D eigenvalue weighted by molar-refractivity contribution is -0.117. The Morgan fingerprint density at radius 1 is 1.14 bits per heavy atom. The SMILES string of the molecule is Nc1ccccc1NC(=O)[C@@H]1C[C@]12CCc1ccccc12. The maximum absolute atomic E-state index is 12.5. The normalized spacial score (nSPS) is 25.6. The van der Waals surface area contributed by atoms with E-state index in [-0.39, 0.29) is 17.2 Å². The van der Waals surface area contributed by atoms with Crippen molar-refractivity contribution < 1.29 is 4.79 Å².